The molecule has 2 N–H and O–H groups in total. The van der Waals surface area contributed by atoms with E-state index in [-0.39, 0.29) is 36.1 Å². The van der Waals surface area contributed by atoms with Gasteiger partial charge in [0.25, 0.3) is 10.0 Å². The third-order valence-electron chi connectivity index (χ3n) is 7.96. The molecule has 6 rings (SSSR count). The van der Waals surface area contributed by atoms with E-state index in [2.05, 4.69) is 15.3 Å². The van der Waals surface area contributed by atoms with Gasteiger partial charge >= 0.3 is 0 Å². The van der Waals surface area contributed by atoms with Gasteiger partial charge in [0.15, 0.2) is 5.03 Å². The number of piperidine rings is 1. The Kier molecular flexibility index (Phi) is 5.73. The highest BCUT2D eigenvalue weighted by Crippen LogP contribution is 2.57. The number of nitrogens with one attached hydrogen (secondary N) is 1. The molecule has 1 spiro atoms. The van der Waals surface area contributed by atoms with Gasteiger partial charge in [-0.15, -0.1) is 0 Å². The Morgan fingerprint density at radius 3 is 2.58 bits per heavy atom. The summed E-state index contributed by atoms with van der Waals surface area (Å²) in [5, 5.41) is 13.2. The number of aromatic nitrogens is 3. The van der Waals surface area contributed by atoms with Gasteiger partial charge in [0, 0.05) is 36.9 Å². The number of carbonyl (C=O) groups excluding carboxylic acids is 1. The van der Waals surface area contributed by atoms with Crippen LogP contribution in [0.5, 0.6) is 0 Å². The summed E-state index contributed by atoms with van der Waals surface area (Å²) < 4.78 is 40.4. The summed E-state index contributed by atoms with van der Waals surface area (Å²) in [7, 11) is -3.87. The molecule has 2 aromatic heterocycles. The fraction of sp³-hybridized carbons (Fsp3) is 0.583. The smallest absolute Gasteiger partial charge is 0.260 e. The molecule has 0 aromatic carbocycles. The second-order valence-corrected chi connectivity index (χ2v) is 12.2. The molecule has 36 heavy (non-hydrogen) atoms. The van der Waals surface area contributed by atoms with E-state index in [9.17, 15) is 22.7 Å². The van der Waals surface area contributed by atoms with Crippen LogP contribution >= 0.6 is 0 Å². The Morgan fingerprint density at radius 2 is 1.89 bits per heavy atom. The molecule has 4 aliphatic rings. The van der Waals surface area contributed by atoms with E-state index < -0.39 is 27.5 Å². The van der Waals surface area contributed by atoms with Gasteiger partial charge in [-0.3, -0.25) is 9.69 Å². The van der Waals surface area contributed by atoms with Crippen molar-refractivity contribution in [3.05, 3.63) is 35.9 Å². The minimum atomic E-state index is -3.87. The van der Waals surface area contributed by atoms with Crippen LogP contribution in [0.3, 0.4) is 0 Å². The lowest BCUT2D eigenvalue weighted by atomic mass is 9.92. The maximum Gasteiger partial charge on any atom is 0.260 e. The molecule has 0 bridgehead atoms. The Labute approximate surface area is 209 Å². The van der Waals surface area contributed by atoms with Crippen molar-refractivity contribution in [2.75, 3.05) is 23.3 Å². The number of amides is 1. The molecule has 2 aromatic rings. The number of nitrogens with zero attached hydrogens (tertiary/aromatic N) is 5. The Hall–Kier alpha value is -2.70. The number of aliphatic hydroxyl groups is 1. The Morgan fingerprint density at radius 1 is 1.11 bits per heavy atom. The number of aliphatic hydroxyl groups excluding tert-OH is 1. The SMILES string of the molecule is O=C1N(C2CCC[C@@H](O)C2)c2nc(NC3CCN(S(=O)(=O)c4cccc(F)n4)CC3)ncc2C12CC2. The average Bonchev–Trinajstić information content (AvgIpc) is 3.62. The van der Waals surface area contributed by atoms with Gasteiger partial charge in [-0.1, -0.05) is 6.07 Å². The van der Waals surface area contributed by atoms with Gasteiger partial charge in [-0.2, -0.15) is 13.7 Å². The largest absolute Gasteiger partial charge is 0.393 e. The number of pyridine rings is 1. The normalized spacial score (nSPS) is 26.3. The van der Waals surface area contributed by atoms with E-state index in [1.807, 2.05) is 0 Å². The number of carbonyl (C=O) groups is 1. The maximum atomic E-state index is 13.5. The van der Waals surface area contributed by atoms with Crippen LogP contribution in [0.25, 0.3) is 0 Å². The van der Waals surface area contributed by atoms with Crippen molar-refractivity contribution in [2.45, 2.75) is 80.0 Å². The second kappa shape index (κ2) is 8.70. The third kappa shape index (κ3) is 3.95. The molecule has 3 fully saturated rings. The highest BCUT2D eigenvalue weighted by molar-refractivity contribution is 7.89. The van der Waals surface area contributed by atoms with Crippen LogP contribution < -0.4 is 10.2 Å². The maximum absolute atomic E-state index is 13.5. The molecule has 1 unspecified atom stereocenters. The van der Waals surface area contributed by atoms with Crippen molar-refractivity contribution < 1.29 is 22.7 Å². The molecule has 12 heteroatoms. The van der Waals surface area contributed by atoms with Crippen molar-refractivity contribution >= 4 is 27.7 Å². The topological polar surface area (TPSA) is 129 Å². The third-order valence-corrected chi connectivity index (χ3v) is 9.76. The monoisotopic (exact) mass is 516 g/mol. The molecular weight excluding hydrogens is 487 g/mol. The Balaban J connectivity index is 1.16. The lowest BCUT2D eigenvalue weighted by Crippen LogP contribution is -2.44. The van der Waals surface area contributed by atoms with Crippen molar-refractivity contribution in [1.82, 2.24) is 19.3 Å². The van der Waals surface area contributed by atoms with E-state index in [1.165, 1.54) is 16.4 Å². The molecule has 2 aliphatic heterocycles. The first-order valence-electron chi connectivity index (χ1n) is 12.6. The number of hydrogen-bond acceptors (Lipinski definition) is 8. The summed E-state index contributed by atoms with van der Waals surface area (Å²) in [5.41, 5.74) is 0.377. The number of rotatable bonds is 5. The van der Waals surface area contributed by atoms with Crippen LogP contribution in [0, 0.1) is 5.95 Å². The second-order valence-electron chi connectivity index (χ2n) is 10.3. The first-order chi connectivity index (χ1) is 17.3. The highest BCUT2D eigenvalue weighted by atomic mass is 32.2. The first-order valence-corrected chi connectivity index (χ1v) is 14.0. The Bertz CT molecular complexity index is 1300. The van der Waals surface area contributed by atoms with Crippen molar-refractivity contribution in [1.29, 1.82) is 0 Å². The van der Waals surface area contributed by atoms with Gasteiger partial charge < -0.3 is 10.4 Å². The summed E-state index contributed by atoms with van der Waals surface area (Å²) >= 11 is 0. The number of sulfonamides is 1. The number of halogens is 1. The van der Waals surface area contributed by atoms with E-state index in [0.717, 1.165) is 43.7 Å². The standard InChI is InChI=1S/C24H29FN6O4S/c25-19-5-2-6-20(28-19)36(34,35)30-11-7-15(8-12-30)27-23-26-14-18-21(29-23)31(22(33)24(18)9-10-24)16-3-1-4-17(32)13-16/h2,5-6,14-17,32H,1,3-4,7-13H2,(H,26,27,29)/t16?,17-/m1/s1. The zero-order chi connectivity index (χ0) is 25.1. The average molecular weight is 517 g/mol. The fourth-order valence-corrected chi connectivity index (χ4v) is 7.22. The summed E-state index contributed by atoms with van der Waals surface area (Å²) in [6.45, 7) is 0.521. The quantitative estimate of drug-likeness (QED) is 0.577. The zero-order valence-electron chi connectivity index (χ0n) is 19.8. The summed E-state index contributed by atoms with van der Waals surface area (Å²) in [6.07, 6.45) is 7.04. The molecule has 10 nitrogen and oxygen atoms in total. The number of fused-ring (bicyclic) bond motifs is 2. The molecular formula is C24H29FN6O4S. The minimum absolute atomic E-state index is 0.0492. The predicted molar refractivity (Wildman–Crippen MR) is 128 cm³/mol. The minimum Gasteiger partial charge on any atom is -0.393 e. The first kappa shape index (κ1) is 23.7. The number of hydrogen-bond donors (Lipinski definition) is 2. The van der Waals surface area contributed by atoms with Gasteiger partial charge in [-0.05, 0) is 63.5 Å². The molecule has 1 amide bonds. The zero-order valence-corrected chi connectivity index (χ0v) is 20.6. The molecule has 2 atom stereocenters. The van der Waals surface area contributed by atoms with Crippen LogP contribution in [0.2, 0.25) is 0 Å². The fourth-order valence-electron chi connectivity index (χ4n) is 5.81. The van der Waals surface area contributed by atoms with Gasteiger partial charge in [0.05, 0.1) is 11.5 Å². The molecule has 1 saturated heterocycles. The van der Waals surface area contributed by atoms with Gasteiger partial charge in [0.1, 0.15) is 5.82 Å². The number of anilines is 2. The lowest BCUT2D eigenvalue weighted by molar-refractivity contribution is -0.121. The molecule has 4 heterocycles. The van der Waals surface area contributed by atoms with Crippen molar-refractivity contribution in [3.63, 3.8) is 0 Å². The van der Waals surface area contributed by atoms with Gasteiger partial charge in [-0.25, -0.2) is 18.4 Å². The van der Waals surface area contributed by atoms with E-state index in [4.69, 9.17) is 4.98 Å². The lowest BCUT2D eigenvalue weighted by Gasteiger charge is -2.34. The molecule has 2 saturated carbocycles. The van der Waals surface area contributed by atoms with E-state index in [1.54, 1.807) is 11.1 Å². The van der Waals surface area contributed by atoms with Crippen LogP contribution in [0.4, 0.5) is 16.2 Å². The highest BCUT2D eigenvalue weighted by Gasteiger charge is 2.61. The summed E-state index contributed by atoms with van der Waals surface area (Å²) in [5.74, 6) is 0.303. The van der Waals surface area contributed by atoms with Crippen molar-refractivity contribution in [3.8, 4) is 0 Å². The van der Waals surface area contributed by atoms with E-state index >= 15 is 0 Å². The van der Waals surface area contributed by atoms with Crippen LogP contribution in [0.1, 0.15) is 56.9 Å². The van der Waals surface area contributed by atoms with Crippen molar-refractivity contribution in [2.24, 2.45) is 0 Å². The van der Waals surface area contributed by atoms with Crippen LogP contribution in [-0.2, 0) is 20.2 Å². The molecule has 192 valence electrons. The van der Waals surface area contributed by atoms with Crippen LogP contribution in [-0.4, -0.2) is 70.0 Å². The molecule has 2 aliphatic carbocycles. The summed E-state index contributed by atoms with van der Waals surface area (Å²) in [4.78, 5) is 28.0. The van der Waals surface area contributed by atoms with Crippen LogP contribution in [0.15, 0.2) is 29.4 Å². The predicted octanol–water partition coefficient (Wildman–Crippen LogP) is 1.96. The summed E-state index contributed by atoms with van der Waals surface area (Å²) in [6, 6.07) is 3.64. The van der Waals surface area contributed by atoms with E-state index in [0.29, 0.717) is 31.0 Å². The molecule has 0 radical (unpaired) electrons. The van der Waals surface area contributed by atoms with Gasteiger partial charge in [0.2, 0.25) is 17.8 Å².